The van der Waals surface area contributed by atoms with Gasteiger partial charge >= 0.3 is 0 Å². The second kappa shape index (κ2) is 5.29. The lowest BCUT2D eigenvalue weighted by Gasteiger charge is -2.15. The molecule has 3 N–H and O–H groups in total. The SMILES string of the molecule is O=c1cc[nH]cc1C(O)C(O)CCBr. The number of rotatable bonds is 4. The van der Waals surface area contributed by atoms with Crippen LogP contribution < -0.4 is 5.43 Å². The predicted octanol–water partition coefficient (Wildman–Crippen LogP) is 0.554. The number of hydrogen-bond donors (Lipinski definition) is 3. The molecule has 2 unspecified atom stereocenters. The molecule has 0 aromatic carbocycles. The molecule has 1 aromatic heterocycles. The van der Waals surface area contributed by atoms with E-state index in [-0.39, 0.29) is 11.0 Å². The first-order valence-corrected chi connectivity index (χ1v) is 5.38. The zero-order chi connectivity index (χ0) is 10.6. The van der Waals surface area contributed by atoms with E-state index in [0.717, 1.165) is 0 Å². The van der Waals surface area contributed by atoms with Gasteiger partial charge in [0.25, 0.3) is 0 Å². The highest BCUT2D eigenvalue weighted by atomic mass is 79.9. The molecule has 0 spiro atoms. The van der Waals surface area contributed by atoms with Crippen molar-refractivity contribution >= 4 is 15.9 Å². The third-order valence-corrected chi connectivity index (χ3v) is 2.40. The van der Waals surface area contributed by atoms with Gasteiger partial charge in [0, 0.05) is 29.4 Å². The normalized spacial score (nSPS) is 15.1. The van der Waals surface area contributed by atoms with Crippen LogP contribution in [0.1, 0.15) is 18.1 Å². The van der Waals surface area contributed by atoms with Crippen LogP contribution in [0.25, 0.3) is 0 Å². The van der Waals surface area contributed by atoms with Crippen LogP contribution in [0.5, 0.6) is 0 Å². The molecule has 0 fully saturated rings. The summed E-state index contributed by atoms with van der Waals surface area (Å²) in [6, 6.07) is 1.32. The van der Waals surface area contributed by atoms with Gasteiger partial charge in [0.15, 0.2) is 5.43 Å². The Balaban J connectivity index is 2.84. The fourth-order valence-corrected chi connectivity index (χ4v) is 1.61. The van der Waals surface area contributed by atoms with E-state index in [0.29, 0.717) is 11.8 Å². The van der Waals surface area contributed by atoms with E-state index in [4.69, 9.17) is 0 Å². The second-order valence-corrected chi connectivity index (χ2v) is 3.75. The van der Waals surface area contributed by atoms with Crippen LogP contribution in [0.3, 0.4) is 0 Å². The van der Waals surface area contributed by atoms with Gasteiger partial charge < -0.3 is 15.2 Å². The monoisotopic (exact) mass is 261 g/mol. The Labute approximate surface area is 89.7 Å². The van der Waals surface area contributed by atoms with Gasteiger partial charge in [-0.2, -0.15) is 0 Å². The van der Waals surface area contributed by atoms with Crippen LogP contribution in [0, 0.1) is 0 Å². The van der Waals surface area contributed by atoms with Crippen molar-refractivity contribution in [3.8, 4) is 0 Å². The number of pyridine rings is 1. The van der Waals surface area contributed by atoms with Gasteiger partial charge in [-0.1, -0.05) is 15.9 Å². The summed E-state index contributed by atoms with van der Waals surface area (Å²) >= 11 is 3.15. The molecule has 0 aliphatic heterocycles. The summed E-state index contributed by atoms with van der Waals surface area (Å²) in [6.07, 6.45) is 1.24. The molecule has 0 aliphatic carbocycles. The Hall–Kier alpha value is -0.650. The molecule has 0 saturated carbocycles. The average molecular weight is 262 g/mol. The molecule has 78 valence electrons. The highest BCUT2D eigenvalue weighted by Crippen LogP contribution is 2.15. The Morgan fingerprint density at radius 3 is 2.79 bits per heavy atom. The van der Waals surface area contributed by atoms with Gasteiger partial charge in [-0.25, -0.2) is 0 Å². The predicted molar refractivity (Wildman–Crippen MR) is 56.4 cm³/mol. The minimum Gasteiger partial charge on any atom is -0.390 e. The maximum absolute atomic E-state index is 11.3. The summed E-state index contributed by atoms with van der Waals surface area (Å²) in [5, 5.41) is 19.7. The van der Waals surface area contributed by atoms with Crippen LogP contribution in [0.2, 0.25) is 0 Å². The Kier molecular flexibility index (Phi) is 4.31. The first kappa shape index (κ1) is 11.4. The summed E-state index contributed by atoms with van der Waals surface area (Å²) < 4.78 is 0. The Morgan fingerprint density at radius 2 is 2.21 bits per heavy atom. The Morgan fingerprint density at radius 1 is 1.50 bits per heavy atom. The van der Waals surface area contributed by atoms with Gasteiger partial charge in [-0.15, -0.1) is 0 Å². The first-order chi connectivity index (χ1) is 6.66. The first-order valence-electron chi connectivity index (χ1n) is 4.26. The highest BCUT2D eigenvalue weighted by Gasteiger charge is 2.19. The van der Waals surface area contributed by atoms with Crippen molar-refractivity contribution in [1.29, 1.82) is 0 Å². The molecule has 2 atom stereocenters. The van der Waals surface area contributed by atoms with Gasteiger partial charge in [0.05, 0.1) is 6.10 Å². The fraction of sp³-hybridized carbons (Fsp3) is 0.444. The van der Waals surface area contributed by atoms with E-state index < -0.39 is 12.2 Å². The zero-order valence-electron chi connectivity index (χ0n) is 7.48. The van der Waals surface area contributed by atoms with Crippen LogP contribution in [-0.4, -0.2) is 26.6 Å². The lowest BCUT2D eigenvalue weighted by atomic mass is 10.0. The number of aromatic amines is 1. The molecule has 5 heteroatoms. The van der Waals surface area contributed by atoms with E-state index in [9.17, 15) is 15.0 Å². The van der Waals surface area contributed by atoms with Crippen LogP contribution >= 0.6 is 15.9 Å². The van der Waals surface area contributed by atoms with Crippen molar-refractivity contribution in [3.63, 3.8) is 0 Å². The van der Waals surface area contributed by atoms with Crippen molar-refractivity contribution < 1.29 is 10.2 Å². The van der Waals surface area contributed by atoms with Gasteiger partial charge in [-0.3, -0.25) is 4.79 Å². The zero-order valence-corrected chi connectivity index (χ0v) is 9.07. The van der Waals surface area contributed by atoms with Gasteiger partial charge in [0.1, 0.15) is 6.10 Å². The van der Waals surface area contributed by atoms with Gasteiger partial charge in [-0.05, 0) is 6.42 Å². The number of halogens is 1. The van der Waals surface area contributed by atoms with E-state index in [2.05, 4.69) is 20.9 Å². The van der Waals surface area contributed by atoms with Crippen LogP contribution in [0.4, 0.5) is 0 Å². The topological polar surface area (TPSA) is 73.3 Å². The minimum atomic E-state index is -1.13. The maximum atomic E-state index is 11.3. The van der Waals surface area contributed by atoms with E-state index in [1.54, 1.807) is 0 Å². The van der Waals surface area contributed by atoms with Crippen LogP contribution in [0.15, 0.2) is 23.3 Å². The molecular weight excluding hydrogens is 250 g/mol. The number of hydrogen-bond acceptors (Lipinski definition) is 3. The Bertz CT molecular complexity index is 339. The summed E-state index contributed by atoms with van der Waals surface area (Å²) in [4.78, 5) is 14.0. The van der Waals surface area contributed by atoms with Crippen molar-refractivity contribution in [2.75, 3.05) is 5.33 Å². The standard InChI is InChI=1S/C9H12BrNO3/c10-3-1-8(13)9(14)6-5-11-4-2-7(6)12/h2,4-5,8-9,13-14H,1,3H2,(H,11,12). The molecule has 0 amide bonds. The van der Waals surface area contributed by atoms with Crippen molar-refractivity contribution in [3.05, 3.63) is 34.2 Å². The molecule has 1 rings (SSSR count). The van der Waals surface area contributed by atoms with E-state index >= 15 is 0 Å². The summed E-state index contributed by atoms with van der Waals surface area (Å²) in [5.41, 5.74) is -0.0779. The smallest absolute Gasteiger partial charge is 0.187 e. The molecule has 0 aliphatic rings. The molecule has 0 bridgehead atoms. The number of aromatic nitrogens is 1. The number of aliphatic hydroxyl groups is 2. The summed E-state index contributed by atoms with van der Waals surface area (Å²) in [7, 11) is 0. The molecular formula is C9H12BrNO3. The number of nitrogens with one attached hydrogen (secondary N) is 1. The number of aliphatic hydroxyl groups excluding tert-OH is 2. The van der Waals surface area contributed by atoms with Crippen molar-refractivity contribution in [2.24, 2.45) is 0 Å². The van der Waals surface area contributed by atoms with Crippen molar-refractivity contribution in [2.45, 2.75) is 18.6 Å². The lowest BCUT2D eigenvalue weighted by Crippen LogP contribution is -2.24. The number of alkyl halides is 1. The summed E-state index contributed by atoms with van der Waals surface area (Å²) in [5.74, 6) is 0. The lowest BCUT2D eigenvalue weighted by molar-refractivity contribution is 0.0166. The third kappa shape index (κ3) is 2.67. The van der Waals surface area contributed by atoms with E-state index in [1.807, 2.05) is 0 Å². The van der Waals surface area contributed by atoms with Gasteiger partial charge in [0.2, 0.25) is 0 Å². The molecule has 0 saturated heterocycles. The molecule has 14 heavy (non-hydrogen) atoms. The van der Waals surface area contributed by atoms with Crippen LogP contribution in [-0.2, 0) is 0 Å². The molecule has 4 nitrogen and oxygen atoms in total. The third-order valence-electron chi connectivity index (χ3n) is 1.94. The molecule has 1 heterocycles. The minimum absolute atomic E-state index is 0.195. The molecule has 0 radical (unpaired) electrons. The second-order valence-electron chi connectivity index (χ2n) is 2.95. The molecule has 1 aromatic rings. The summed E-state index contributed by atoms with van der Waals surface area (Å²) in [6.45, 7) is 0. The fourth-order valence-electron chi connectivity index (χ4n) is 1.14. The largest absolute Gasteiger partial charge is 0.390 e. The maximum Gasteiger partial charge on any atom is 0.187 e. The quantitative estimate of drug-likeness (QED) is 0.694. The number of H-pyrrole nitrogens is 1. The van der Waals surface area contributed by atoms with E-state index in [1.165, 1.54) is 18.5 Å². The van der Waals surface area contributed by atoms with Crippen molar-refractivity contribution in [1.82, 2.24) is 4.98 Å². The highest BCUT2D eigenvalue weighted by molar-refractivity contribution is 9.09. The average Bonchev–Trinajstić information content (AvgIpc) is 2.18.